The molecule has 110 valence electrons. The van der Waals surface area contributed by atoms with Crippen molar-refractivity contribution in [2.24, 2.45) is 0 Å². The molecule has 2 unspecified atom stereocenters. The molecule has 1 saturated heterocycles. The van der Waals surface area contributed by atoms with Gasteiger partial charge in [-0.3, -0.25) is 9.69 Å². The van der Waals surface area contributed by atoms with E-state index in [-0.39, 0.29) is 5.78 Å². The summed E-state index contributed by atoms with van der Waals surface area (Å²) < 4.78 is 5.12. The molecule has 4 heteroatoms. The Morgan fingerprint density at radius 2 is 2.00 bits per heavy atom. The molecule has 1 aromatic carbocycles. The van der Waals surface area contributed by atoms with Crippen LogP contribution in [0.25, 0.3) is 0 Å². The van der Waals surface area contributed by atoms with Gasteiger partial charge in [-0.1, -0.05) is 6.42 Å². The van der Waals surface area contributed by atoms with Crippen molar-refractivity contribution in [3.63, 3.8) is 0 Å². The highest BCUT2D eigenvalue weighted by Gasteiger charge is 2.26. The minimum atomic E-state index is 0.125. The minimum Gasteiger partial charge on any atom is -0.495 e. The van der Waals surface area contributed by atoms with Gasteiger partial charge < -0.3 is 10.5 Å². The van der Waals surface area contributed by atoms with Crippen LogP contribution in [0.1, 0.15) is 43.5 Å². The molecule has 1 heterocycles. The van der Waals surface area contributed by atoms with Gasteiger partial charge in [-0.2, -0.15) is 0 Å². The first kappa shape index (κ1) is 14.9. The van der Waals surface area contributed by atoms with Gasteiger partial charge in [0.2, 0.25) is 0 Å². The number of Topliss-reactive ketones (excluding diaryl/α,β-unsaturated/α-hetero) is 1. The Balaban J connectivity index is 2.09. The van der Waals surface area contributed by atoms with Crippen molar-refractivity contribution in [1.29, 1.82) is 0 Å². The Bertz CT molecular complexity index is 477. The highest BCUT2D eigenvalue weighted by atomic mass is 16.5. The Morgan fingerprint density at radius 1 is 1.35 bits per heavy atom. The number of hydrogen-bond acceptors (Lipinski definition) is 4. The predicted octanol–water partition coefficient (Wildman–Crippen LogP) is 2.72. The van der Waals surface area contributed by atoms with Crippen LogP contribution in [0.3, 0.4) is 0 Å². The van der Waals surface area contributed by atoms with E-state index in [1.54, 1.807) is 25.3 Å². The zero-order chi connectivity index (χ0) is 14.7. The molecule has 0 aliphatic carbocycles. The maximum Gasteiger partial charge on any atom is 0.176 e. The highest BCUT2D eigenvalue weighted by molar-refractivity contribution is 5.98. The van der Waals surface area contributed by atoms with Gasteiger partial charge in [0.05, 0.1) is 19.3 Å². The van der Waals surface area contributed by atoms with Gasteiger partial charge in [-0.05, 0) is 44.9 Å². The van der Waals surface area contributed by atoms with Gasteiger partial charge in [0.15, 0.2) is 5.78 Å². The average Bonchev–Trinajstić information content (AvgIpc) is 2.42. The van der Waals surface area contributed by atoms with Crippen LogP contribution >= 0.6 is 0 Å². The van der Waals surface area contributed by atoms with Crippen molar-refractivity contribution in [1.82, 2.24) is 4.90 Å². The fourth-order valence-electron chi connectivity index (χ4n) is 2.95. The number of ether oxygens (including phenoxy) is 1. The van der Waals surface area contributed by atoms with Crippen molar-refractivity contribution < 1.29 is 9.53 Å². The second-order valence-electron chi connectivity index (χ2n) is 5.68. The largest absolute Gasteiger partial charge is 0.495 e. The number of piperidine rings is 1. The van der Waals surface area contributed by atoms with Crippen LogP contribution in [0.5, 0.6) is 5.75 Å². The summed E-state index contributed by atoms with van der Waals surface area (Å²) >= 11 is 0. The first-order chi connectivity index (χ1) is 9.52. The maximum atomic E-state index is 12.4. The number of hydrogen-bond donors (Lipinski definition) is 1. The summed E-state index contributed by atoms with van der Waals surface area (Å²) in [5, 5.41) is 0. The normalized spacial score (nSPS) is 23.6. The topological polar surface area (TPSA) is 55.6 Å². The van der Waals surface area contributed by atoms with E-state index >= 15 is 0 Å². The Morgan fingerprint density at radius 3 is 2.55 bits per heavy atom. The minimum absolute atomic E-state index is 0.125. The number of carbonyl (C=O) groups is 1. The van der Waals surface area contributed by atoms with E-state index in [0.29, 0.717) is 35.6 Å². The average molecular weight is 276 g/mol. The molecule has 0 amide bonds. The summed E-state index contributed by atoms with van der Waals surface area (Å²) in [4.78, 5) is 14.7. The number of rotatable bonds is 4. The fourth-order valence-corrected chi connectivity index (χ4v) is 2.95. The molecule has 20 heavy (non-hydrogen) atoms. The first-order valence-electron chi connectivity index (χ1n) is 7.25. The third kappa shape index (κ3) is 3.12. The van der Waals surface area contributed by atoms with E-state index in [2.05, 4.69) is 18.7 Å². The van der Waals surface area contributed by atoms with Gasteiger partial charge >= 0.3 is 0 Å². The van der Waals surface area contributed by atoms with Crippen LogP contribution in [-0.2, 0) is 0 Å². The predicted molar refractivity (Wildman–Crippen MR) is 81.2 cm³/mol. The number of likely N-dealkylation sites (tertiary alicyclic amines) is 1. The molecule has 1 aromatic rings. The number of carbonyl (C=O) groups excluding carboxylic acids is 1. The second-order valence-corrected chi connectivity index (χ2v) is 5.68. The Labute approximate surface area is 120 Å². The molecule has 4 nitrogen and oxygen atoms in total. The van der Waals surface area contributed by atoms with E-state index < -0.39 is 0 Å². The van der Waals surface area contributed by atoms with E-state index in [4.69, 9.17) is 10.5 Å². The quantitative estimate of drug-likeness (QED) is 0.678. The zero-order valence-corrected chi connectivity index (χ0v) is 12.6. The standard InChI is InChI=1S/C16H24N2O2/c1-11-5-4-6-12(2)18(11)10-15(19)13-7-8-16(20-3)14(17)9-13/h7-9,11-12H,4-6,10,17H2,1-3H3. The Kier molecular flexibility index (Phi) is 4.65. The lowest BCUT2D eigenvalue weighted by Crippen LogP contribution is -2.46. The lowest BCUT2D eigenvalue weighted by molar-refractivity contribution is 0.0734. The van der Waals surface area contributed by atoms with E-state index in [1.165, 1.54) is 19.3 Å². The monoisotopic (exact) mass is 276 g/mol. The molecule has 0 bridgehead atoms. The summed E-state index contributed by atoms with van der Waals surface area (Å²) in [5.41, 5.74) is 7.04. The summed E-state index contributed by atoms with van der Waals surface area (Å²) in [6.07, 6.45) is 3.59. The molecule has 1 fully saturated rings. The molecule has 2 N–H and O–H groups in total. The third-order valence-corrected chi connectivity index (χ3v) is 4.25. The van der Waals surface area contributed by atoms with Crippen LogP contribution in [0.4, 0.5) is 5.69 Å². The SMILES string of the molecule is COc1ccc(C(=O)CN2C(C)CCCC2C)cc1N. The first-order valence-corrected chi connectivity index (χ1v) is 7.25. The molecule has 0 aromatic heterocycles. The zero-order valence-electron chi connectivity index (χ0n) is 12.6. The van der Waals surface area contributed by atoms with Gasteiger partial charge in [-0.15, -0.1) is 0 Å². The molecule has 0 saturated carbocycles. The van der Waals surface area contributed by atoms with Crippen molar-refractivity contribution in [3.05, 3.63) is 23.8 Å². The molecule has 1 aliphatic rings. The molecule has 0 spiro atoms. The van der Waals surface area contributed by atoms with Crippen molar-refractivity contribution in [2.75, 3.05) is 19.4 Å². The third-order valence-electron chi connectivity index (χ3n) is 4.25. The number of methoxy groups -OCH3 is 1. The number of ketones is 1. The van der Waals surface area contributed by atoms with Crippen LogP contribution in [0.2, 0.25) is 0 Å². The maximum absolute atomic E-state index is 12.4. The summed E-state index contributed by atoms with van der Waals surface area (Å²) in [6, 6.07) is 6.19. The molecular formula is C16H24N2O2. The van der Waals surface area contributed by atoms with E-state index in [9.17, 15) is 4.79 Å². The smallest absolute Gasteiger partial charge is 0.176 e. The van der Waals surface area contributed by atoms with Crippen LogP contribution < -0.4 is 10.5 Å². The molecule has 1 aliphatic heterocycles. The lowest BCUT2D eigenvalue weighted by Gasteiger charge is -2.38. The van der Waals surface area contributed by atoms with E-state index in [0.717, 1.165) is 0 Å². The van der Waals surface area contributed by atoms with Crippen molar-refractivity contribution in [3.8, 4) is 5.75 Å². The van der Waals surface area contributed by atoms with Crippen molar-refractivity contribution >= 4 is 11.5 Å². The number of nitrogen functional groups attached to an aromatic ring is 1. The number of benzene rings is 1. The van der Waals surface area contributed by atoms with Gasteiger partial charge in [0, 0.05) is 17.6 Å². The fraction of sp³-hybridized carbons (Fsp3) is 0.562. The molecule has 2 rings (SSSR count). The molecular weight excluding hydrogens is 252 g/mol. The highest BCUT2D eigenvalue weighted by Crippen LogP contribution is 2.25. The number of anilines is 1. The summed E-state index contributed by atoms with van der Waals surface area (Å²) in [7, 11) is 1.57. The molecule has 0 radical (unpaired) electrons. The Hall–Kier alpha value is -1.55. The number of nitrogens with two attached hydrogens (primary N) is 1. The molecule has 2 atom stereocenters. The van der Waals surface area contributed by atoms with Gasteiger partial charge in [0.1, 0.15) is 5.75 Å². The number of nitrogens with zero attached hydrogens (tertiary/aromatic N) is 1. The second kappa shape index (κ2) is 6.27. The van der Waals surface area contributed by atoms with Crippen LogP contribution in [-0.4, -0.2) is 36.4 Å². The lowest BCUT2D eigenvalue weighted by atomic mass is 9.96. The van der Waals surface area contributed by atoms with E-state index in [1.807, 2.05) is 0 Å². The summed E-state index contributed by atoms with van der Waals surface area (Å²) in [6.45, 7) is 4.87. The van der Waals surface area contributed by atoms with Crippen LogP contribution in [0.15, 0.2) is 18.2 Å². The van der Waals surface area contributed by atoms with Crippen LogP contribution in [0, 0.1) is 0 Å². The summed E-state index contributed by atoms with van der Waals surface area (Å²) in [5.74, 6) is 0.737. The van der Waals surface area contributed by atoms with Gasteiger partial charge in [0.25, 0.3) is 0 Å². The van der Waals surface area contributed by atoms with Gasteiger partial charge in [-0.25, -0.2) is 0 Å². The van der Waals surface area contributed by atoms with Crippen molar-refractivity contribution in [2.45, 2.75) is 45.2 Å².